The summed E-state index contributed by atoms with van der Waals surface area (Å²) in [5.41, 5.74) is 4.31. The van der Waals surface area contributed by atoms with E-state index in [1.807, 2.05) is 6.20 Å². The Morgan fingerprint density at radius 3 is 2.74 bits per heavy atom. The Morgan fingerprint density at radius 2 is 2.04 bits per heavy atom. The molecule has 3 heterocycles. The number of rotatable bonds is 3. The van der Waals surface area contributed by atoms with Gasteiger partial charge in [0.1, 0.15) is 5.69 Å². The van der Waals surface area contributed by atoms with Crippen LogP contribution in [0.25, 0.3) is 22.2 Å². The molecule has 0 bridgehead atoms. The van der Waals surface area contributed by atoms with Gasteiger partial charge in [-0.2, -0.15) is 16.4 Å². The second-order valence-corrected chi connectivity index (χ2v) is 7.59. The number of nitrogens with one attached hydrogen (secondary N) is 1. The zero-order valence-corrected chi connectivity index (χ0v) is 13.7. The van der Waals surface area contributed by atoms with Crippen LogP contribution in [0.15, 0.2) is 27.8 Å². The van der Waals surface area contributed by atoms with Crippen LogP contribution < -0.4 is 5.56 Å². The van der Waals surface area contributed by atoms with E-state index in [0.29, 0.717) is 12.0 Å². The zero-order valence-electron chi connectivity index (χ0n) is 12.9. The summed E-state index contributed by atoms with van der Waals surface area (Å²) in [4.78, 5) is 15.6. The van der Waals surface area contributed by atoms with E-state index in [1.165, 1.54) is 44.1 Å². The van der Waals surface area contributed by atoms with Gasteiger partial charge in [0.25, 0.3) is 5.56 Å². The molecule has 0 aromatic carbocycles. The Kier molecular flexibility index (Phi) is 2.98. The van der Waals surface area contributed by atoms with Crippen molar-refractivity contribution in [1.29, 1.82) is 0 Å². The van der Waals surface area contributed by atoms with Crippen molar-refractivity contribution in [1.82, 2.24) is 14.8 Å². The van der Waals surface area contributed by atoms with Gasteiger partial charge in [-0.3, -0.25) is 9.48 Å². The van der Waals surface area contributed by atoms with E-state index in [9.17, 15) is 4.79 Å². The Labute approximate surface area is 138 Å². The van der Waals surface area contributed by atoms with E-state index in [0.717, 1.165) is 22.2 Å². The molecule has 0 radical (unpaired) electrons. The summed E-state index contributed by atoms with van der Waals surface area (Å²) in [6.07, 6.45) is 9.28. The minimum atomic E-state index is -0.00477. The third-order valence-corrected chi connectivity index (χ3v) is 5.94. The van der Waals surface area contributed by atoms with E-state index in [-0.39, 0.29) is 5.56 Å². The molecule has 0 atom stereocenters. The highest BCUT2D eigenvalue weighted by molar-refractivity contribution is 7.08. The Hall–Kier alpha value is -1.88. The Bertz CT molecular complexity index is 912. The first-order valence-electron chi connectivity index (χ1n) is 8.49. The molecule has 2 saturated carbocycles. The van der Waals surface area contributed by atoms with Crippen LogP contribution in [0, 0.1) is 0 Å². The monoisotopic (exact) mass is 325 g/mol. The first kappa shape index (κ1) is 13.5. The molecule has 5 rings (SSSR count). The molecule has 118 valence electrons. The van der Waals surface area contributed by atoms with Crippen LogP contribution in [0.1, 0.15) is 56.0 Å². The van der Waals surface area contributed by atoms with Crippen molar-refractivity contribution >= 4 is 22.2 Å². The molecule has 4 nitrogen and oxygen atoms in total. The molecule has 0 amide bonds. The smallest absolute Gasteiger partial charge is 0.259 e. The molecule has 0 spiro atoms. The summed E-state index contributed by atoms with van der Waals surface area (Å²) in [5, 5.41) is 9.88. The number of pyridine rings is 1. The van der Waals surface area contributed by atoms with Crippen LogP contribution in [0.3, 0.4) is 0 Å². The quantitative estimate of drug-likeness (QED) is 0.773. The lowest BCUT2D eigenvalue weighted by Gasteiger charge is -2.13. The molecule has 2 aliphatic rings. The van der Waals surface area contributed by atoms with Crippen LogP contribution in [-0.2, 0) is 0 Å². The lowest BCUT2D eigenvalue weighted by Crippen LogP contribution is -2.11. The van der Waals surface area contributed by atoms with Crippen molar-refractivity contribution in [3.8, 4) is 11.3 Å². The maximum Gasteiger partial charge on any atom is 0.259 e. The van der Waals surface area contributed by atoms with Gasteiger partial charge in [-0.15, -0.1) is 0 Å². The second-order valence-electron chi connectivity index (χ2n) is 6.81. The Morgan fingerprint density at radius 1 is 1.22 bits per heavy atom. The highest BCUT2D eigenvalue weighted by Crippen LogP contribution is 2.45. The number of nitrogens with zero attached hydrogens (tertiary/aromatic N) is 2. The van der Waals surface area contributed by atoms with Crippen LogP contribution in [0.4, 0.5) is 0 Å². The van der Waals surface area contributed by atoms with Gasteiger partial charge < -0.3 is 4.98 Å². The number of aromatic amines is 1. The van der Waals surface area contributed by atoms with Gasteiger partial charge in [0, 0.05) is 17.1 Å². The molecule has 0 aliphatic heterocycles. The summed E-state index contributed by atoms with van der Waals surface area (Å²) < 4.78 is 2.19. The lowest BCUT2D eigenvalue weighted by molar-refractivity contribution is 0.482. The number of thiophene rings is 1. The van der Waals surface area contributed by atoms with E-state index in [2.05, 4.69) is 26.5 Å². The van der Waals surface area contributed by atoms with Crippen molar-refractivity contribution < 1.29 is 0 Å². The standard InChI is InChI=1S/C18H19N3OS/c22-18-15-16(12-7-8-23-10-12)20-21(13-3-1-2-4-13)17(15)14(9-19-18)11-5-6-11/h7-11,13H,1-6H2,(H,19,22). The number of hydrogen-bond donors (Lipinski definition) is 1. The minimum Gasteiger partial charge on any atom is -0.328 e. The Balaban J connectivity index is 1.85. The molecule has 0 unspecified atom stereocenters. The van der Waals surface area contributed by atoms with Crippen LogP contribution in [0.2, 0.25) is 0 Å². The molecule has 23 heavy (non-hydrogen) atoms. The molecular weight excluding hydrogens is 306 g/mol. The predicted octanol–water partition coefficient (Wildman–Crippen LogP) is 4.45. The van der Waals surface area contributed by atoms with Gasteiger partial charge in [-0.05, 0) is 48.6 Å². The van der Waals surface area contributed by atoms with Crippen LogP contribution >= 0.6 is 11.3 Å². The van der Waals surface area contributed by atoms with Crippen LogP contribution in [-0.4, -0.2) is 14.8 Å². The highest BCUT2D eigenvalue weighted by atomic mass is 32.1. The van der Waals surface area contributed by atoms with Gasteiger partial charge >= 0.3 is 0 Å². The van der Waals surface area contributed by atoms with Gasteiger partial charge in [0.2, 0.25) is 0 Å². The summed E-state index contributed by atoms with van der Waals surface area (Å²) in [5.74, 6) is 0.599. The average molecular weight is 325 g/mol. The first-order valence-corrected chi connectivity index (χ1v) is 9.43. The summed E-state index contributed by atoms with van der Waals surface area (Å²) in [6.45, 7) is 0. The fraction of sp³-hybridized carbons (Fsp3) is 0.444. The molecule has 0 saturated heterocycles. The van der Waals surface area contributed by atoms with Gasteiger partial charge in [0.15, 0.2) is 0 Å². The maximum atomic E-state index is 12.6. The average Bonchev–Trinajstić information content (AvgIpc) is 3.01. The van der Waals surface area contributed by atoms with Gasteiger partial charge in [-0.25, -0.2) is 0 Å². The third-order valence-electron chi connectivity index (χ3n) is 5.25. The van der Waals surface area contributed by atoms with E-state index in [1.54, 1.807) is 11.3 Å². The molecule has 3 aromatic rings. The molecule has 2 fully saturated rings. The van der Waals surface area contributed by atoms with E-state index < -0.39 is 0 Å². The SMILES string of the molecule is O=c1[nH]cc(C2CC2)c2c1c(-c1ccsc1)nn2C1CCCC1. The summed E-state index contributed by atoms with van der Waals surface area (Å²) >= 11 is 1.65. The molecule has 5 heteroatoms. The third kappa shape index (κ3) is 2.10. The molecule has 2 aliphatic carbocycles. The fourth-order valence-corrected chi connectivity index (χ4v) is 4.57. The van der Waals surface area contributed by atoms with Crippen molar-refractivity contribution in [2.75, 3.05) is 0 Å². The van der Waals surface area contributed by atoms with Crippen LogP contribution in [0.5, 0.6) is 0 Å². The molecule has 1 N–H and O–H groups in total. The zero-order chi connectivity index (χ0) is 15.4. The minimum absolute atomic E-state index is 0.00477. The normalized spacial score (nSPS) is 19.0. The van der Waals surface area contributed by atoms with Gasteiger partial charge in [-0.1, -0.05) is 12.8 Å². The topological polar surface area (TPSA) is 50.7 Å². The van der Waals surface area contributed by atoms with Crippen molar-refractivity contribution in [3.05, 3.63) is 38.9 Å². The van der Waals surface area contributed by atoms with Crippen molar-refractivity contribution in [2.24, 2.45) is 0 Å². The van der Waals surface area contributed by atoms with Gasteiger partial charge in [0.05, 0.1) is 16.9 Å². The lowest BCUT2D eigenvalue weighted by atomic mass is 10.1. The largest absolute Gasteiger partial charge is 0.328 e. The predicted molar refractivity (Wildman–Crippen MR) is 93.1 cm³/mol. The van der Waals surface area contributed by atoms with E-state index in [4.69, 9.17) is 5.10 Å². The number of fused-ring (bicyclic) bond motifs is 1. The maximum absolute atomic E-state index is 12.6. The number of aromatic nitrogens is 3. The van der Waals surface area contributed by atoms with E-state index >= 15 is 0 Å². The molecular formula is C18H19N3OS. The van der Waals surface area contributed by atoms with Crippen molar-refractivity contribution in [3.63, 3.8) is 0 Å². The summed E-state index contributed by atoms with van der Waals surface area (Å²) in [7, 11) is 0. The summed E-state index contributed by atoms with van der Waals surface area (Å²) in [6, 6.07) is 2.51. The first-order chi connectivity index (χ1) is 11.3. The number of H-pyrrole nitrogens is 1. The second kappa shape index (κ2) is 5.06. The number of hydrogen-bond acceptors (Lipinski definition) is 3. The molecule has 3 aromatic heterocycles. The fourth-order valence-electron chi connectivity index (χ4n) is 3.93. The highest BCUT2D eigenvalue weighted by Gasteiger charge is 2.31. The van der Waals surface area contributed by atoms with Crippen molar-refractivity contribution in [2.45, 2.75) is 50.5 Å².